The Hall–Kier alpha value is -3.51. The maximum atomic E-state index is 15.1. The summed E-state index contributed by atoms with van der Waals surface area (Å²) in [5.74, 6) is -3.10. The van der Waals surface area contributed by atoms with Gasteiger partial charge in [0.15, 0.2) is 5.69 Å². The molecule has 1 amide bonds. The highest BCUT2D eigenvalue weighted by atomic mass is 35.5. The number of nitrogens with zero attached hydrogens (tertiary/aromatic N) is 3. The zero-order valence-corrected chi connectivity index (χ0v) is 22.0. The van der Waals surface area contributed by atoms with Crippen LogP contribution < -0.4 is 15.2 Å². The quantitative estimate of drug-likeness (QED) is 0.310. The molecule has 2 aromatic carbocycles. The first-order chi connectivity index (χ1) is 18.4. The van der Waals surface area contributed by atoms with Crippen LogP contribution in [0.2, 0.25) is 5.02 Å². The summed E-state index contributed by atoms with van der Waals surface area (Å²) in [5, 5.41) is 1.77. The number of amides is 1. The Morgan fingerprint density at radius 1 is 1.13 bits per heavy atom. The van der Waals surface area contributed by atoms with E-state index in [0.29, 0.717) is 31.5 Å². The summed E-state index contributed by atoms with van der Waals surface area (Å²) < 4.78 is 63.2. The fourth-order valence-corrected chi connectivity index (χ4v) is 6.27. The van der Waals surface area contributed by atoms with Crippen molar-refractivity contribution in [3.05, 3.63) is 92.1 Å². The molecule has 2 aliphatic heterocycles. The maximum Gasteiger partial charge on any atom is 0.408 e. The number of hydrogen-bond acceptors (Lipinski definition) is 6. The predicted molar refractivity (Wildman–Crippen MR) is 136 cm³/mol. The number of fused-ring (bicyclic) bond motifs is 3. The fourth-order valence-electron chi connectivity index (χ4n) is 4.78. The van der Waals surface area contributed by atoms with Gasteiger partial charge in [-0.05, 0) is 30.2 Å². The van der Waals surface area contributed by atoms with Crippen LogP contribution in [0.1, 0.15) is 47.1 Å². The zero-order chi connectivity index (χ0) is 28.2. The Labute approximate surface area is 228 Å². The summed E-state index contributed by atoms with van der Waals surface area (Å²) in [4.78, 5) is 39.2. The highest BCUT2D eigenvalue weighted by molar-refractivity contribution is 7.98. The van der Waals surface area contributed by atoms with E-state index in [2.05, 4.69) is 0 Å². The number of rotatable bonds is 3. The predicted octanol–water partition coefficient (Wildman–Crippen LogP) is 5.26. The van der Waals surface area contributed by atoms with Crippen molar-refractivity contribution in [1.82, 2.24) is 9.58 Å². The van der Waals surface area contributed by atoms with Crippen molar-refractivity contribution in [1.29, 1.82) is 0 Å². The SMILES string of the molecule is CC(=O)Oc1c2n(ccc1=O)N([C@H]1c3cccc(F)c3CSc3c(Cl)cccc31)CN([C@H](C)C(F)(F)F)C2=O. The monoisotopic (exact) mass is 581 g/mol. The molecule has 0 radical (unpaired) electrons. The molecule has 0 N–H and O–H groups in total. The largest absolute Gasteiger partial charge is 0.420 e. The molecule has 0 fully saturated rings. The number of aromatic nitrogens is 1. The van der Waals surface area contributed by atoms with E-state index in [0.717, 1.165) is 19.9 Å². The van der Waals surface area contributed by atoms with Crippen LogP contribution >= 0.6 is 23.4 Å². The molecular formula is C26H20ClF4N3O4S. The third-order valence-corrected chi connectivity index (χ3v) is 8.26. The van der Waals surface area contributed by atoms with Crippen molar-refractivity contribution in [3.63, 3.8) is 0 Å². The van der Waals surface area contributed by atoms with Crippen LogP contribution in [0.4, 0.5) is 17.6 Å². The first-order valence-electron chi connectivity index (χ1n) is 11.7. The first kappa shape index (κ1) is 27.1. The third-order valence-electron chi connectivity index (χ3n) is 6.66. The summed E-state index contributed by atoms with van der Waals surface area (Å²) >= 11 is 7.80. The molecule has 39 heavy (non-hydrogen) atoms. The van der Waals surface area contributed by atoms with Gasteiger partial charge in [0.2, 0.25) is 11.2 Å². The van der Waals surface area contributed by atoms with Gasteiger partial charge in [-0.15, -0.1) is 11.8 Å². The second-order valence-electron chi connectivity index (χ2n) is 9.03. The standard InChI is InChI=1S/C26H20ClF4N3O4S/c1-13(26(29,30)31)32-12-34(33-10-9-20(36)23(38-14(2)35)22(33)25(32)37)21-15-5-4-8-19(28)17(15)11-39-24-16(21)6-3-7-18(24)27/h3-10,13,21H,11-12H2,1-2H3/t13-,21+/m1/s1. The first-order valence-corrected chi connectivity index (χ1v) is 13.0. The third kappa shape index (κ3) is 4.65. The lowest BCUT2D eigenvalue weighted by Crippen LogP contribution is -2.60. The smallest absolute Gasteiger partial charge is 0.408 e. The van der Waals surface area contributed by atoms with E-state index in [-0.39, 0.29) is 5.75 Å². The second kappa shape index (κ2) is 9.91. The van der Waals surface area contributed by atoms with Gasteiger partial charge in [0, 0.05) is 35.4 Å². The molecule has 13 heteroatoms. The number of thioether (sulfide) groups is 1. The van der Waals surface area contributed by atoms with Gasteiger partial charge in [-0.3, -0.25) is 24.1 Å². The Balaban J connectivity index is 1.83. The number of esters is 1. The van der Waals surface area contributed by atoms with Crippen molar-refractivity contribution in [3.8, 4) is 5.75 Å². The van der Waals surface area contributed by atoms with Crippen LogP contribution in [0.15, 0.2) is 58.4 Å². The molecule has 3 heterocycles. The average molecular weight is 582 g/mol. The van der Waals surface area contributed by atoms with E-state index in [1.807, 2.05) is 0 Å². The van der Waals surface area contributed by atoms with Crippen LogP contribution in [-0.4, -0.2) is 40.3 Å². The van der Waals surface area contributed by atoms with E-state index in [9.17, 15) is 27.6 Å². The van der Waals surface area contributed by atoms with Crippen molar-refractivity contribution < 1.29 is 31.9 Å². The van der Waals surface area contributed by atoms with Gasteiger partial charge in [0.25, 0.3) is 5.91 Å². The van der Waals surface area contributed by atoms with Crippen LogP contribution in [0.5, 0.6) is 5.75 Å². The Bertz CT molecular complexity index is 1510. The minimum Gasteiger partial charge on any atom is -0.420 e. The number of ether oxygens (including phenoxy) is 1. The molecule has 0 bridgehead atoms. The lowest BCUT2D eigenvalue weighted by molar-refractivity contribution is -0.173. The number of benzene rings is 2. The zero-order valence-electron chi connectivity index (χ0n) is 20.5. The molecule has 1 aromatic heterocycles. The number of halogens is 5. The van der Waals surface area contributed by atoms with Gasteiger partial charge < -0.3 is 9.64 Å². The van der Waals surface area contributed by atoms with E-state index in [4.69, 9.17) is 16.3 Å². The Morgan fingerprint density at radius 3 is 2.51 bits per heavy atom. The lowest BCUT2D eigenvalue weighted by atomic mass is 9.94. The van der Waals surface area contributed by atoms with E-state index >= 15 is 4.39 Å². The molecule has 5 rings (SSSR count). The maximum absolute atomic E-state index is 15.1. The summed E-state index contributed by atoms with van der Waals surface area (Å²) in [5.41, 5.74) is -0.105. The number of alkyl halides is 3. The summed E-state index contributed by atoms with van der Waals surface area (Å²) in [6.45, 7) is 1.23. The molecule has 7 nitrogen and oxygen atoms in total. The van der Waals surface area contributed by atoms with Crippen molar-refractivity contribution >= 4 is 35.2 Å². The van der Waals surface area contributed by atoms with E-state index in [1.54, 1.807) is 24.3 Å². The molecule has 204 valence electrons. The van der Waals surface area contributed by atoms with Gasteiger partial charge >= 0.3 is 12.1 Å². The minimum atomic E-state index is -4.81. The van der Waals surface area contributed by atoms with Crippen molar-refractivity contribution in [2.75, 3.05) is 11.7 Å². The fraction of sp³-hybridized carbons (Fsp3) is 0.269. The summed E-state index contributed by atoms with van der Waals surface area (Å²) in [6, 6.07) is 7.30. The van der Waals surface area contributed by atoms with Crippen LogP contribution in [0.3, 0.4) is 0 Å². The normalized spacial score (nSPS) is 17.6. The molecule has 0 saturated carbocycles. The molecule has 0 unspecified atom stereocenters. The lowest BCUT2D eigenvalue weighted by Gasteiger charge is -2.46. The number of carbonyl (C=O) groups is 2. The minimum absolute atomic E-state index is 0.195. The van der Waals surface area contributed by atoms with Gasteiger partial charge in [-0.25, -0.2) is 4.39 Å². The van der Waals surface area contributed by atoms with E-state index < -0.39 is 59.5 Å². The van der Waals surface area contributed by atoms with Gasteiger partial charge in [0.05, 0.1) is 11.1 Å². The van der Waals surface area contributed by atoms with Crippen LogP contribution in [-0.2, 0) is 10.5 Å². The summed E-state index contributed by atoms with van der Waals surface area (Å²) in [7, 11) is 0. The van der Waals surface area contributed by atoms with Gasteiger partial charge in [-0.2, -0.15) is 13.2 Å². The molecule has 2 aliphatic rings. The Kier molecular flexibility index (Phi) is 6.88. The highest BCUT2D eigenvalue weighted by Gasteiger charge is 2.48. The van der Waals surface area contributed by atoms with E-state index in [1.165, 1.54) is 39.8 Å². The van der Waals surface area contributed by atoms with Gasteiger partial charge in [-0.1, -0.05) is 35.9 Å². The topological polar surface area (TPSA) is 71.8 Å². The number of pyridine rings is 1. The molecule has 2 atom stereocenters. The molecular weight excluding hydrogens is 562 g/mol. The highest BCUT2D eigenvalue weighted by Crippen LogP contribution is 2.46. The number of hydrogen-bond donors (Lipinski definition) is 0. The van der Waals surface area contributed by atoms with Crippen LogP contribution in [0, 0.1) is 5.82 Å². The molecule has 0 saturated heterocycles. The average Bonchev–Trinajstić information content (AvgIpc) is 3.03. The van der Waals surface area contributed by atoms with Crippen LogP contribution in [0.25, 0.3) is 0 Å². The second-order valence-corrected chi connectivity index (χ2v) is 10.4. The molecule has 3 aromatic rings. The van der Waals surface area contributed by atoms with Gasteiger partial charge in [0.1, 0.15) is 18.5 Å². The molecule has 0 aliphatic carbocycles. The van der Waals surface area contributed by atoms with Crippen molar-refractivity contribution in [2.24, 2.45) is 0 Å². The number of carbonyl (C=O) groups excluding carboxylic acids is 2. The Morgan fingerprint density at radius 2 is 1.82 bits per heavy atom. The van der Waals surface area contributed by atoms with Crippen molar-refractivity contribution in [2.45, 2.75) is 42.8 Å². The summed E-state index contributed by atoms with van der Waals surface area (Å²) in [6.07, 6.45) is -3.59. The molecule has 0 spiro atoms.